The van der Waals surface area contributed by atoms with E-state index in [-0.39, 0.29) is 22.7 Å². The summed E-state index contributed by atoms with van der Waals surface area (Å²) in [5, 5.41) is 16.1. The van der Waals surface area contributed by atoms with Crippen LogP contribution in [0, 0.1) is 24.0 Å². The van der Waals surface area contributed by atoms with Gasteiger partial charge in [-0.3, -0.25) is 15.1 Å². The molecule has 0 aliphatic carbocycles. The predicted octanol–water partition coefficient (Wildman–Crippen LogP) is 4.33. The van der Waals surface area contributed by atoms with Gasteiger partial charge in [-0.05, 0) is 89.0 Å². The van der Waals surface area contributed by atoms with Gasteiger partial charge in [-0.15, -0.1) is 0 Å². The smallest absolute Gasteiger partial charge is 0.296 e. The largest absolute Gasteiger partial charge is 0.496 e. The highest BCUT2D eigenvalue weighted by Crippen LogP contribution is 2.42. The SMILES string of the molecule is COc1ccc(-n2c(C)cc(C3C(c4ccccn4)NC(=S)N3CCCN(C)C)c2C)c([N+](=O)[O-])c1. The summed E-state index contributed by atoms with van der Waals surface area (Å²) in [6.45, 7) is 5.70. The normalized spacial score (nSPS) is 17.5. The van der Waals surface area contributed by atoms with E-state index < -0.39 is 0 Å². The minimum atomic E-state index is -0.368. The van der Waals surface area contributed by atoms with E-state index in [1.54, 1.807) is 18.3 Å². The third kappa shape index (κ3) is 4.91. The zero-order valence-electron chi connectivity index (χ0n) is 21.3. The number of thiocarbonyl (C=S) groups is 1. The quantitative estimate of drug-likeness (QED) is 0.260. The van der Waals surface area contributed by atoms with Crippen LogP contribution in [0.25, 0.3) is 5.69 Å². The summed E-state index contributed by atoms with van der Waals surface area (Å²) in [4.78, 5) is 20.6. The lowest BCUT2D eigenvalue weighted by Gasteiger charge is -2.28. The van der Waals surface area contributed by atoms with Crippen molar-refractivity contribution in [1.29, 1.82) is 0 Å². The molecule has 10 heteroatoms. The number of hydrogen-bond acceptors (Lipinski definition) is 6. The van der Waals surface area contributed by atoms with Crippen LogP contribution in [0.2, 0.25) is 0 Å². The summed E-state index contributed by atoms with van der Waals surface area (Å²) in [5.41, 5.74) is 4.29. The van der Waals surface area contributed by atoms with Crippen molar-refractivity contribution in [3.8, 4) is 11.4 Å². The highest BCUT2D eigenvalue weighted by Gasteiger charge is 2.41. The summed E-state index contributed by atoms with van der Waals surface area (Å²) in [5.74, 6) is 0.445. The predicted molar refractivity (Wildman–Crippen MR) is 144 cm³/mol. The molecule has 2 aromatic heterocycles. The third-order valence-electron chi connectivity index (χ3n) is 6.61. The van der Waals surface area contributed by atoms with Gasteiger partial charge < -0.3 is 24.4 Å². The van der Waals surface area contributed by atoms with Crippen molar-refractivity contribution in [2.75, 3.05) is 34.3 Å². The van der Waals surface area contributed by atoms with Gasteiger partial charge in [-0.25, -0.2) is 0 Å². The monoisotopic (exact) mass is 508 g/mol. The molecule has 1 N–H and O–H groups in total. The van der Waals surface area contributed by atoms with Gasteiger partial charge >= 0.3 is 0 Å². The summed E-state index contributed by atoms with van der Waals surface area (Å²) < 4.78 is 7.18. The van der Waals surface area contributed by atoms with Crippen LogP contribution < -0.4 is 10.1 Å². The number of aryl methyl sites for hydroxylation is 1. The molecule has 190 valence electrons. The molecule has 1 aromatic carbocycles. The minimum absolute atomic E-state index is 0.00752. The minimum Gasteiger partial charge on any atom is -0.496 e. The number of nitro groups is 1. The fourth-order valence-electron chi connectivity index (χ4n) is 4.97. The molecule has 1 aliphatic rings. The van der Waals surface area contributed by atoms with E-state index in [0.717, 1.165) is 42.2 Å². The number of ether oxygens (including phenoxy) is 1. The van der Waals surface area contributed by atoms with Crippen molar-refractivity contribution in [1.82, 2.24) is 24.7 Å². The maximum Gasteiger partial charge on any atom is 0.296 e. The number of rotatable bonds is 9. The fourth-order valence-corrected chi connectivity index (χ4v) is 5.30. The molecule has 1 saturated heterocycles. The van der Waals surface area contributed by atoms with Crippen molar-refractivity contribution in [2.45, 2.75) is 32.4 Å². The molecule has 2 unspecified atom stereocenters. The Kier molecular flexibility index (Phi) is 7.56. The number of nitrogens with one attached hydrogen (secondary N) is 1. The van der Waals surface area contributed by atoms with Crippen molar-refractivity contribution in [3.05, 3.63) is 81.4 Å². The van der Waals surface area contributed by atoms with Crippen LogP contribution in [0.5, 0.6) is 5.75 Å². The summed E-state index contributed by atoms with van der Waals surface area (Å²) in [7, 11) is 5.62. The first-order valence-corrected chi connectivity index (χ1v) is 12.3. The lowest BCUT2D eigenvalue weighted by atomic mass is 9.96. The molecular formula is C26H32N6O3S. The fraction of sp³-hybridized carbons (Fsp3) is 0.385. The highest BCUT2D eigenvalue weighted by atomic mass is 32.1. The molecule has 1 fully saturated rings. The first kappa shape index (κ1) is 25.6. The molecule has 0 amide bonds. The lowest BCUT2D eigenvalue weighted by molar-refractivity contribution is -0.384. The van der Waals surface area contributed by atoms with Gasteiger partial charge in [0, 0.05) is 24.1 Å². The van der Waals surface area contributed by atoms with Gasteiger partial charge in [0.2, 0.25) is 0 Å². The van der Waals surface area contributed by atoms with E-state index in [0.29, 0.717) is 16.5 Å². The van der Waals surface area contributed by atoms with Crippen LogP contribution in [-0.2, 0) is 0 Å². The summed E-state index contributed by atoms with van der Waals surface area (Å²) in [6.07, 6.45) is 2.73. The van der Waals surface area contributed by atoms with Gasteiger partial charge in [0.15, 0.2) is 5.11 Å². The van der Waals surface area contributed by atoms with Gasteiger partial charge in [-0.2, -0.15) is 0 Å². The molecule has 0 radical (unpaired) electrons. The van der Waals surface area contributed by atoms with Gasteiger partial charge in [0.05, 0.1) is 35.9 Å². The second-order valence-electron chi connectivity index (χ2n) is 9.25. The molecule has 0 spiro atoms. The van der Waals surface area contributed by atoms with Crippen molar-refractivity contribution in [3.63, 3.8) is 0 Å². The second kappa shape index (κ2) is 10.6. The van der Waals surface area contributed by atoms with Crippen LogP contribution >= 0.6 is 12.2 Å². The molecule has 0 bridgehead atoms. The van der Waals surface area contributed by atoms with Crippen LogP contribution in [0.4, 0.5) is 5.69 Å². The third-order valence-corrected chi connectivity index (χ3v) is 6.96. The molecule has 0 saturated carbocycles. The second-order valence-corrected chi connectivity index (χ2v) is 9.64. The first-order chi connectivity index (χ1) is 17.2. The van der Waals surface area contributed by atoms with E-state index in [2.05, 4.69) is 40.3 Å². The molecule has 36 heavy (non-hydrogen) atoms. The highest BCUT2D eigenvalue weighted by molar-refractivity contribution is 7.80. The summed E-state index contributed by atoms with van der Waals surface area (Å²) in [6, 6.07) is 12.7. The van der Waals surface area contributed by atoms with E-state index in [4.69, 9.17) is 17.0 Å². The topological polar surface area (TPSA) is 88.7 Å². The molecule has 4 rings (SSSR count). The van der Waals surface area contributed by atoms with E-state index in [9.17, 15) is 10.1 Å². The number of nitrogens with zero attached hydrogens (tertiary/aromatic N) is 5. The van der Waals surface area contributed by atoms with E-state index in [1.165, 1.54) is 13.2 Å². The Balaban J connectivity index is 1.82. The Morgan fingerprint density at radius 3 is 2.64 bits per heavy atom. The molecule has 3 heterocycles. The maximum absolute atomic E-state index is 11.9. The number of methoxy groups -OCH3 is 1. The maximum atomic E-state index is 11.9. The van der Waals surface area contributed by atoms with Crippen LogP contribution in [0.15, 0.2) is 48.7 Å². The molecular weight excluding hydrogens is 476 g/mol. The first-order valence-electron chi connectivity index (χ1n) is 11.9. The number of nitro benzene ring substituents is 1. The Hall–Kier alpha value is -3.50. The van der Waals surface area contributed by atoms with Gasteiger partial charge in [0.1, 0.15) is 11.4 Å². The Morgan fingerprint density at radius 2 is 2.00 bits per heavy atom. The number of aromatic nitrogens is 2. The Labute approximate surface area is 216 Å². The number of benzene rings is 1. The van der Waals surface area contributed by atoms with Crippen LogP contribution in [0.3, 0.4) is 0 Å². The van der Waals surface area contributed by atoms with Crippen molar-refractivity contribution in [2.24, 2.45) is 0 Å². The Morgan fingerprint density at radius 1 is 1.22 bits per heavy atom. The van der Waals surface area contributed by atoms with E-state index in [1.807, 2.05) is 36.6 Å². The van der Waals surface area contributed by atoms with Gasteiger partial charge in [-0.1, -0.05) is 6.07 Å². The van der Waals surface area contributed by atoms with Crippen LogP contribution in [0.1, 0.15) is 41.1 Å². The van der Waals surface area contributed by atoms with Crippen molar-refractivity contribution >= 4 is 23.0 Å². The number of hydrogen-bond donors (Lipinski definition) is 1. The molecule has 2 atom stereocenters. The number of pyridine rings is 1. The standard InChI is InChI=1S/C26H32N6O3S/c1-17-15-20(18(2)31(17)22-11-10-19(35-5)16-23(22)32(33)34)25-24(21-9-6-7-12-27-21)28-26(36)30(25)14-8-13-29(3)4/h6-7,9-12,15-16,24-25H,8,13-14H2,1-5H3,(H,28,36). The zero-order valence-corrected chi connectivity index (χ0v) is 22.1. The Bertz CT molecular complexity index is 1260. The molecule has 9 nitrogen and oxygen atoms in total. The molecule has 1 aliphatic heterocycles. The van der Waals surface area contributed by atoms with Gasteiger partial charge in [0.25, 0.3) is 5.69 Å². The summed E-state index contributed by atoms with van der Waals surface area (Å²) >= 11 is 5.80. The average molecular weight is 509 g/mol. The molecule has 3 aromatic rings. The zero-order chi connectivity index (χ0) is 26.0. The average Bonchev–Trinajstić information content (AvgIpc) is 3.33. The van der Waals surface area contributed by atoms with Crippen molar-refractivity contribution < 1.29 is 9.66 Å². The lowest BCUT2D eigenvalue weighted by Crippen LogP contribution is -2.32. The van der Waals surface area contributed by atoms with Crippen LogP contribution in [-0.4, -0.2) is 63.7 Å². The van der Waals surface area contributed by atoms with E-state index >= 15 is 0 Å².